The van der Waals surface area contributed by atoms with Crippen LogP contribution in [0.3, 0.4) is 0 Å². The number of H-pyrrole nitrogens is 1. The molecular formula is C17H23N3O2. The van der Waals surface area contributed by atoms with Gasteiger partial charge in [0.1, 0.15) is 17.6 Å². The minimum absolute atomic E-state index is 0.251. The Labute approximate surface area is 131 Å². The van der Waals surface area contributed by atoms with Crippen molar-refractivity contribution < 1.29 is 9.47 Å². The van der Waals surface area contributed by atoms with Crippen LogP contribution in [-0.4, -0.2) is 22.9 Å². The highest BCUT2D eigenvalue weighted by atomic mass is 16.5. The number of aromatic nitrogens is 2. The molecular weight excluding hydrogens is 278 g/mol. The minimum atomic E-state index is 0.251. The Morgan fingerprint density at radius 3 is 2.91 bits per heavy atom. The van der Waals surface area contributed by atoms with E-state index in [1.165, 1.54) is 11.1 Å². The number of aromatic amines is 1. The summed E-state index contributed by atoms with van der Waals surface area (Å²) in [5, 5.41) is 10.4. The highest BCUT2D eigenvalue weighted by Crippen LogP contribution is 2.35. The molecule has 1 aromatic carbocycles. The van der Waals surface area contributed by atoms with Gasteiger partial charge in [-0.15, -0.1) is 0 Å². The summed E-state index contributed by atoms with van der Waals surface area (Å²) in [6, 6.07) is 4.24. The number of nitrogens with one attached hydrogen (secondary N) is 2. The van der Waals surface area contributed by atoms with Gasteiger partial charge in [-0.2, -0.15) is 5.10 Å². The third kappa shape index (κ3) is 3.09. The molecule has 5 heteroatoms. The molecule has 1 aromatic heterocycles. The molecule has 0 saturated carbocycles. The molecule has 2 N–H and O–H groups in total. The Morgan fingerprint density at radius 1 is 1.36 bits per heavy atom. The lowest BCUT2D eigenvalue weighted by atomic mass is 10.1. The predicted molar refractivity (Wildman–Crippen MR) is 85.3 cm³/mol. The van der Waals surface area contributed by atoms with Crippen molar-refractivity contribution in [3.05, 3.63) is 40.7 Å². The predicted octanol–water partition coefficient (Wildman–Crippen LogP) is 2.73. The van der Waals surface area contributed by atoms with Crippen molar-refractivity contribution in [1.29, 1.82) is 0 Å². The highest BCUT2D eigenvalue weighted by Gasteiger charge is 2.21. The van der Waals surface area contributed by atoms with E-state index in [9.17, 15) is 0 Å². The number of nitrogens with zero attached hydrogens (tertiary/aromatic N) is 1. The maximum absolute atomic E-state index is 5.85. The summed E-state index contributed by atoms with van der Waals surface area (Å²) in [6.07, 6.45) is 3.07. The van der Waals surface area contributed by atoms with Crippen molar-refractivity contribution in [2.45, 2.75) is 46.4 Å². The fourth-order valence-electron chi connectivity index (χ4n) is 2.80. The first-order valence-corrected chi connectivity index (χ1v) is 7.82. The molecule has 1 aliphatic heterocycles. The van der Waals surface area contributed by atoms with E-state index in [2.05, 4.69) is 34.6 Å². The Bertz CT molecular complexity index is 651. The molecule has 0 amide bonds. The summed E-state index contributed by atoms with van der Waals surface area (Å²) in [4.78, 5) is 0. The van der Waals surface area contributed by atoms with Crippen LogP contribution in [0.25, 0.3) is 0 Å². The number of ether oxygens (including phenoxy) is 2. The molecule has 5 nitrogen and oxygen atoms in total. The van der Waals surface area contributed by atoms with Crippen LogP contribution in [0.1, 0.15) is 36.2 Å². The molecule has 2 heterocycles. The van der Waals surface area contributed by atoms with Gasteiger partial charge in [-0.25, -0.2) is 0 Å². The molecule has 0 radical (unpaired) electrons. The second-order valence-corrected chi connectivity index (χ2v) is 5.76. The molecule has 22 heavy (non-hydrogen) atoms. The Hall–Kier alpha value is -2.01. The normalized spacial score (nSPS) is 16.4. The topological polar surface area (TPSA) is 59.2 Å². The lowest BCUT2D eigenvalue weighted by Gasteiger charge is -2.13. The summed E-state index contributed by atoms with van der Waals surface area (Å²) in [5.41, 5.74) is 4.66. The van der Waals surface area contributed by atoms with Crippen molar-refractivity contribution in [2.24, 2.45) is 0 Å². The monoisotopic (exact) mass is 301 g/mol. The molecule has 1 aliphatic rings. The maximum Gasteiger partial charge on any atom is 0.124 e. The molecule has 1 atom stereocenters. The Balaban J connectivity index is 1.72. The third-order valence-corrected chi connectivity index (χ3v) is 3.94. The lowest BCUT2D eigenvalue weighted by Crippen LogP contribution is -2.14. The van der Waals surface area contributed by atoms with Gasteiger partial charge in [-0.3, -0.25) is 5.10 Å². The zero-order valence-corrected chi connectivity index (χ0v) is 13.4. The first kappa shape index (κ1) is 14.9. The molecule has 0 saturated heterocycles. The van der Waals surface area contributed by atoms with E-state index in [-0.39, 0.29) is 6.10 Å². The number of hydrogen-bond donors (Lipinski definition) is 2. The second-order valence-electron chi connectivity index (χ2n) is 5.76. The van der Waals surface area contributed by atoms with Crippen LogP contribution in [0, 0.1) is 6.92 Å². The fourth-order valence-corrected chi connectivity index (χ4v) is 2.80. The molecule has 1 unspecified atom stereocenters. The summed E-state index contributed by atoms with van der Waals surface area (Å²) < 4.78 is 11.6. The van der Waals surface area contributed by atoms with Crippen LogP contribution in [0.15, 0.2) is 18.3 Å². The molecule has 2 aromatic rings. The quantitative estimate of drug-likeness (QED) is 0.861. The van der Waals surface area contributed by atoms with Crippen molar-refractivity contribution >= 4 is 0 Å². The van der Waals surface area contributed by atoms with E-state index >= 15 is 0 Å². The van der Waals surface area contributed by atoms with Gasteiger partial charge >= 0.3 is 0 Å². The van der Waals surface area contributed by atoms with Crippen molar-refractivity contribution in [3.8, 4) is 11.5 Å². The van der Waals surface area contributed by atoms with Gasteiger partial charge in [-0.1, -0.05) is 0 Å². The average Bonchev–Trinajstić information content (AvgIpc) is 3.04. The van der Waals surface area contributed by atoms with Gasteiger partial charge < -0.3 is 14.8 Å². The number of aryl methyl sites for hydroxylation is 1. The largest absolute Gasteiger partial charge is 0.494 e. The van der Waals surface area contributed by atoms with Gasteiger partial charge in [0.2, 0.25) is 0 Å². The van der Waals surface area contributed by atoms with Crippen LogP contribution in [0.2, 0.25) is 0 Å². The SMILES string of the molecule is CCOc1cc2c(cc1CNCc1cn[nH]c1C)OC(C)C2. The number of fused-ring (bicyclic) bond motifs is 1. The molecule has 118 valence electrons. The molecule has 3 rings (SSSR count). The second kappa shape index (κ2) is 6.40. The van der Waals surface area contributed by atoms with E-state index in [4.69, 9.17) is 9.47 Å². The standard InChI is InChI=1S/C17H23N3O2/c1-4-21-16-6-13-5-11(2)22-17(13)7-14(16)8-18-9-15-10-19-20-12(15)3/h6-7,10-11,18H,4-5,8-9H2,1-3H3,(H,19,20). The summed E-state index contributed by atoms with van der Waals surface area (Å²) >= 11 is 0. The van der Waals surface area contributed by atoms with Crippen molar-refractivity contribution in [2.75, 3.05) is 6.61 Å². The maximum atomic E-state index is 5.85. The van der Waals surface area contributed by atoms with Gasteiger partial charge in [-0.05, 0) is 32.9 Å². The van der Waals surface area contributed by atoms with Crippen LogP contribution in [0.5, 0.6) is 11.5 Å². The van der Waals surface area contributed by atoms with Gasteiger partial charge in [0.05, 0.1) is 12.8 Å². The van der Waals surface area contributed by atoms with E-state index in [0.717, 1.165) is 42.3 Å². The summed E-state index contributed by atoms with van der Waals surface area (Å²) in [7, 11) is 0. The summed E-state index contributed by atoms with van der Waals surface area (Å²) in [5.74, 6) is 1.95. The first-order chi connectivity index (χ1) is 10.7. The minimum Gasteiger partial charge on any atom is -0.494 e. The van der Waals surface area contributed by atoms with Crippen molar-refractivity contribution in [1.82, 2.24) is 15.5 Å². The molecule has 0 spiro atoms. The van der Waals surface area contributed by atoms with Crippen LogP contribution in [0.4, 0.5) is 0 Å². The smallest absolute Gasteiger partial charge is 0.124 e. The van der Waals surface area contributed by atoms with Crippen LogP contribution < -0.4 is 14.8 Å². The van der Waals surface area contributed by atoms with Gasteiger partial charge in [0.15, 0.2) is 0 Å². The van der Waals surface area contributed by atoms with Crippen LogP contribution >= 0.6 is 0 Å². The summed E-state index contributed by atoms with van der Waals surface area (Å²) in [6.45, 7) is 8.33. The lowest BCUT2D eigenvalue weighted by molar-refractivity contribution is 0.254. The van der Waals surface area contributed by atoms with E-state index in [1.54, 1.807) is 0 Å². The van der Waals surface area contributed by atoms with E-state index in [0.29, 0.717) is 6.61 Å². The average molecular weight is 301 g/mol. The van der Waals surface area contributed by atoms with Crippen molar-refractivity contribution in [3.63, 3.8) is 0 Å². The third-order valence-electron chi connectivity index (χ3n) is 3.94. The molecule has 0 aliphatic carbocycles. The Kier molecular flexibility index (Phi) is 4.34. The zero-order chi connectivity index (χ0) is 15.5. The van der Waals surface area contributed by atoms with Crippen LogP contribution in [-0.2, 0) is 19.5 Å². The van der Waals surface area contributed by atoms with Gasteiger partial charge in [0.25, 0.3) is 0 Å². The molecule has 0 bridgehead atoms. The number of benzene rings is 1. The highest BCUT2D eigenvalue weighted by molar-refractivity contribution is 5.48. The molecule has 0 fully saturated rings. The zero-order valence-electron chi connectivity index (χ0n) is 13.4. The first-order valence-electron chi connectivity index (χ1n) is 7.82. The van der Waals surface area contributed by atoms with Gasteiger partial charge in [0, 0.05) is 41.9 Å². The Morgan fingerprint density at radius 2 is 2.18 bits per heavy atom. The van der Waals surface area contributed by atoms with E-state index in [1.807, 2.05) is 20.0 Å². The number of rotatable bonds is 6. The number of hydrogen-bond acceptors (Lipinski definition) is 4. The fraction of sp³-hybridized carbons (Fsp3) is 0.471. The van der Waals surface area contributed by atoms with E-state index < -0.39 is 0 Å².